The Labute approximate surface area is 166 Å². The molecule has 1 fully saturated rings. The quantitative estimate of drug-likeness (QED) is 0.648. The molecule has 154 valence electrons. The molecule has 0 aliphatic carbocycles. The van der Waals surface area contributed by atoms with E-state index in [0.29, 0.717) is 12.8 Å². The molecular formula is C21H31N3O4. The van der Waals surface area contributed by atoms with Crippen molar-refractivity contribution in [1.82, 2.24) is 16.0 Å². The second-order valence-corrected chi connectivity index (χ2v) is 8.62. The van der Waals surface area contributed by atoms with E-state index in [1.807, 2.05) is 44.2 Å². The highest BCUT2D eigenvalue weighted by Crippen LogP contribution is 2.15. The molecule has 0 radical (unpaired) electrons. The Bertz CT molecular complexity index is 697. The summed E-state index contributed by atoms with van der Waals surface area (Å²) in [6.45, 7) is 9.37. The summed E-state index contributed by atoms with van der Waals surface area (Å²) < 4.78 is 5.37. The molecule has 0 aromatic heterocycles. The van der Waals surface area contributed by atoms with Crippen molar-refractivity contribution in [3.63, 3.8) is 0 Å². The molecule has 1 aliphatic heterocycles. The van der Waals surface area contributed by atoms with Gasteiger partial charge in [-0.2, -0.15) is 0 Å². The Morgan fingerprint density at radius 1 is 1.14 bits per heavy atom. The average Bonchev–Trinajstić information content (AvgIpc) is 2.55. The van der Waals surface area contributed by atoms with E-state index in [1.165, 1.54) is 0 Å². The van der Waals surface area contributed by atoms with Gasteiger partial charge in [-0.25, -0.2) is 4.79 Å². The molecule has 0 spiro atoms. The van der Waals surface area contributed by atoms with Crippen molar-refractivity contribution in [2.75, 3.05) is 0 Å². The van der Waals surface area contributed by atoms with Gasteiger partial charge in [0.15, 0.2) is 0 Å². The largest absolute Gasteiger partial charge is 0.444 e. The Hall–Kier alpha value is -2.41. The van der Waals surface area contributed by atoms with E-state index in [1.54, 1.807) is 20.8 Å². The lowest BCUT2D eigenvalue weighted by Crippen LogP contribution is -2.68. The van der Waals surface area contributed by atoms with E-state index in [9.17, 15) is 14.4 Å². The third-order valence-corrected chi connectivity index (χ3v) is 4.34. The van der Waals surface area contributed by atoms with Crippen LogP contribution in [-0.4, -0.2) is 41.6 Å². The number of alkyl carbamates (subject to hydrolysis) is 1. The Balaban J connectivity index is 2.21. The van der Waals surface area contributed by atoms with Crippen LogP contribution >= 0.6 is 0 Å². The molecule has 1 saturated heterocycles. The zero-order valence-electron chi connectivity index (χ0n) is 17.2. The Morgan fingerprint density at radius 3 is 2.36 bits per heavy atom. The lowest BCUT2D eigenvalue weighted by molar-refractivity contribution is -0.137. The molecule has 1 heterocycles. The highest BCUT2D eigenvalue weighted by Gasteiger charge is 2.39. The number of piperazine rings is 1. The number of ether oxygens (including phenoxy) is 1. The van der Waals surface area contributed by atoms with Crippen LogP contribution in [-0.2, 0) is 20.7 Å². The number of amides is 3. The fourth-order valence-corrected chi connectivity index (χ4v) is 3.18. The molecule has 1 aromatic rings. The number of nitrogens with one attached hydrogen (secondary N) is 3. The summed E-state index contributed by atoms with van der Waals surface area (Å²) in [6, 6.07) is 7.78. The molecule has 7 nitrogen and oxygen atoms in total. The van der Waals surface area contributed by atoms with Gasteiger partial charge in [-0.3, -0.25) is 20.2 Å². The van der Waals surface area contributed by atoms with Crippen LogP contribution in [0.4, 0.5) is 4.79 Å². The van der Waals surface area contributed by atoms with Crippen LogP contribution in [0.15, 0.2) is 30.3 Å². The molecular weight excluding hydrogens is 358 g/mol. The van der Waals surface area contributed by atoms with Crippen LogP contribution in [0.3, 0.4) is 0 Å². The van der Waals surface area contributed by atoms with Gasteiger partial charge in [-0.1, -0.05) is 44.2 Å². The minimum atomic E-state index is -0.742. The monoisotopic (exact) mass is 389 g/mol. The van der Waals surface area contributed by atoms with E-state index >= 15 is 0 Å². The lowest BCUT2D eigenvalue weighted by atomic mass is 9.93. The molecule has 3 amide bonds. The van der Waals surface area contributed by atoms with Gasteiger partial charge in [-0.05, 0) is 45.1 Å². The molecule has 3 atom stereocenters. The van der Waals surface area contributed by atoms with E-state index in [-0.39, 0.29) is 11.8 Å². The molecule has 1 aromatic carbocycles. The van der Waals surface area contributed by atoms with Crippen molar-refractivity contribution >= 4 is 17.9 Å². The minimum Gasteiger partial charge on any atom is -0.444 e. The van der Waals surface area contributed by atoms with Crippen LogP contribution in [0, 0.1) is 5.92 Å². The van der Waals surface area contributed by atoms with E-state index in [0.717, 1.165) is 5.56 Å². The number of hydrogen-bond acceptors (Lipinski definition) is 5. The first-order chi connectivity index (χ1) is 13.0. The van der Waals surface area contributed by atoms with Crippen molar-refractivity contribution in [3.8, 4) is 0 Å². The highest BCUT2D eigenvalue weighted by molar-refractivity contribution is 6.03. The molecule has 0 bridgehead atoms. The number of carbonyl (C=O) groups excluding carboxylic acids is 3. The molecule has 3 N–H and O–H groups in total. The van der Waals surface area contributed by atoms with E-state index in [2.05, 4.69) is 16.0 Å². The normalized spacial score (nSPS) is 21.2. The minimum absolute atomic E-state index is 0.281. The fourth-order valence-electron chi connectivity index (χ4n) is 3.18. The van der Waals surface area contributed by atoms with Gasteiger partial charge in [0.25, 0.3) is 0 Å². The molecule has 7 heteroatoms. The molecule has 0 unspecified atom stereocenters. The van der Waals surface area contributed by atoms with Crippen molar-refractivity contribution < 1.29 is 19.1 Å². The third-order valence-electron chi connectivity index (χ3n) is 4.34. The van der Waals surface area contributed by atoms with Gasteiger partial charge in [-0.15, -0.1) is 0 Å². The number of hydrogen-bond donors (Lipinski definition) is 3. The molecule has 28 heavy (non-hydrogen) atoms. The summed E-state index contributed by atoms with van der Waals surface area (Å²) in [5.41, 5.74) is 0.315. The van der Waals surface area contributed by atoms with Gasteiger partial charge < -0.3 is 10.1 Å². The van der Waals surface area contributed by atoms with Gasteiger partial charge >= 0.3 is 6.09 Å². The smallest absolute Gasteiger partial charge is 0.407 e. The number of rotatable bonds is 6. The van der Waals surface area contributed by atoms with Crippen molar-refractivity contribution in [2.45, 2.75) is 71.2 Å². The second-order valence-electron chi connectivity index (χ2n) is 8.62. The zero-order valence-corrected chi connectivity index (χ0v) is 17.2. The average molecular weight is 389 g/mol. The zero-order chi connectivity index (χ0) is 20.9. The number of benzene rings is 1. The Morgan fingerprint density at radius 2 is 1.79 bits per heavy atom. The standard InChI is InChI=1S/C21H31N3O4/c1-13(2)11-16-18(25)24-19(26)17(22-16)15(12-14-9-7-6-8-10-14)23-20(27)28-21(3,4)5/h6-10,13,15-17,22H,11-12H2,1-5H3,(H,23,27)(H,24,25,26)/t15-,16-,17-/m0/s1. The highest BCUT2D eigenvalue weighted by atomic mass is 16.6. The topological polar surface area (TPSA) is 96.5 Å². The predicted molar refractivity (Wildman–Crippen MR) is 107 cm³/mol. The van der Waals surface area contributed by atoms with E-state index in [4.69, 9.17) is 4.74 Å². The van der Waals surface area contributed by atoms with Crippen LogP contribution in [0.5, 0.6) is 0 Å². The van der Waals surface area contributed by atoms with Gasteiger partial charge in [0, 0.05) is 0 Å². The van der Waals surface area contributed by atoms with E-state index < -0.39 is 35.7 Å². The summed E-state index contributed by atoms with van der Waals surface area (Å²) in [7, 11) is 0. The van der Waals surface area contributed by atoms with Crippen LogP contribution in [0.2, 0.25) is 0 Å². The number of carbonyl (C=O) groups is 3. The molecule has 1 aliphatic rings. The summed E-state index contributed by atoms with van der Waals surface area (Å²) in [5.74, 6) is -0.490. The maximum atomic E-state index is 12.5. The fraction of sp³-hybridized carbons (Fsp3) is 0.571. The second kappa shape index (κ2) is 9.19. The van der Waals surface area contributed by atoms with Gasteiger partial charge in [0.05, 0.1) is 12.1 Å². The first-order valence-corrected chi connectivity index (χ1v) is 9.69. The van der Waals surface area contributed by atoms with Crippen LogP contribution in [0.25, 0.3) is 0 Å². The summed E-state index contributed by atoms with van der Waals surface area (Å²) >= 11 is 0. The summed E-state index contributed by atoms with van der Waals surface area (Å²) in [5, 5.41) is 8.40. The molecule has 0 saturated carbocycles. The van der Waals surface area contributed by atoms with Crippen molar-refractivity contribution in [1.29, 1.82) is 0 Å². The van der Waals surface area contributed by atoms with Crippen molar-refractivity contribution in [3.05, 3.63) is 35.9 Å². The number of imide groups is 1. The van der Waals surface area contributed by atoms with Gasteiger partial charge in [0.2, 0.25) is 11.8 Å². The van der Waals surface area contributed by atoms with Crippen LogP contribution < -0.4 is 16.0 Å². The lowest BCUT2D eigenvalue weighted by Gasteiger charge is -2.35. The predicted octanol–water partition coefficient (Wildman–Crippen LogP) is 2.15. The van der Waals surface area contributed by atoms with Crippen molar-refractivity contribution in [2.24, 2.45) is 5.92 Å². The van der Waals surface area contributed by atoms with Gasteiger partial charge in [0.1, 0.15) is 11.6 Å². The molecule has 2 rings (SSSR count). The SMILES string of the molecule is CC(C)C[C@@H]1N[C@@H]([C@H](Cc2ccccc2)NC(=O)OC(C)(C)C)C(=O)NC1=O. The maximum absolute atomic E-state index is 12.5. The maximum Gasteiger partial charge on any atom is 0.407 e. The Kier molecular flexibility index (Phi) is 7.18. The summed E-state index contributed by atoms with van der Waals surface area (Å²) in [4.78, 5) is 37.1. The van der Waals surface area contributed by atoms with Crippen LogP contribution in [0.1, 0.15) is 46.6 Å². The first kappa shape index (κ1) is 21.9. The summed E-state index contributed by atoms with van der Waals surface area (Å²) in [6.07, 6.45) is 0.425. The third kappa shape index (κ3) is 6.64. The first-order valence-electron chi connectivity index (χ1n) is 9.69.